The lowest BCUT2D eigenvalue weighted by atomic mass is 10.0. The fourth-order valence-corrected chi connectivity index (χ4v) is 3.23. The van der Waals surface area contributed by atoms with Crippen LogP contribution in [0, 0.1) is 11.6 Å². The lowest BCUT2D eigenvalue weighted by molar-refractivity contribution is -0.134. The van der Waals surface area contributed by atoms with Gasteiger partial charge in [-0.05, 0) is 30.2 Å². The number of pyridine rings is 1. The lowest BCUT2D eigenvalue weighted by Crippen LogP contribution is -2.48. The number of amides is 2. The van der Waals surface area contributed by atoms with Gasteiger partial charge in [-0.3, -0.25) is 14.6 Å². The van der Waals surface area contributed by atoms with Crippen LogP contribution in [-0.4, -0.2) is 47.9 Å². The van der Waals surface area contributed by atoms with Crippen molar-refractivity contribution in [1.82, 2.24) is 20.5 Å². The van der Waals surface area contributed by atoms with Crippen LogP contribution in [0.2, 0.25) is 0 Å². The van der Waals surface area contributed by atoms with Gasteiger partial charge in [0, 0.05) is 51.1 Å². The van der Waals surface area contributed by atoms with Crippen molar-refractivity contribution in [2.75, 3.05) is 26.2 Å². The van der Waals surface area contributed by atoms with Gasteiger partial charge in [-0.2, -0.15) is 0 Å². The molecule has 0 bridgehead atoms. The molecule has 1 atom stereocenters. The SMILES string of the molecule is Cl.O=C(NCCCC(=O)N1CCNCC1c1cccnc1)c1ccc(F)cc1F. The number of piperazine rings is 1. The highest BCUT2D eigenvalue weighted by atomic mass is 35.5. The van der Waals surface area contributed by atoms with E-state index in [9.17, 15) is 18.4 Å². The van der Waals surface area contributed by atoms with Gasteiger partial charge in [0.25, 0.3) is 5.91 Å². The third-order valence-electron chi connectivity index (χ3n) is 4.66. The van der Waals surface area contributed by atoms with Crippen molar-refractivity contribution in [3.63, 3.8) is 0 Å². The van der Waals surface area contributed by atoms with Gasteiger partial charge in [0.15, 0.2) is 0 Å². The minimum absolute atomic E-state index is 0. The van der Waals surface area contributed by atoms with E-state index in [4.69, 9.17) is 0 Å². The summed E-state index contributed by atoms with van der Waals surface area (Å²) in [5.74, 6) is -2.27. The zero-order valence-electron chi connectivity index (χ0n) is 15.7. The topological polar surface area (TPSA) is 74.3 Å². The highest BCUT2D eigenvalue weighted by Crippen LogP contribution is 2.22. The molecule has 1 aromatic carbocycles. The quantitative estimate of drug-likeness (QED) is 0.699. The molecule has 1 saturated heterocycles. The number of hydrogen-bond donors (Lipinski definition) is 2. The largest absolute Gasteiger partial charge is 0.352 e. The highest BCUT2D eigenvalue weighted by molar-refractivity contribution is 5.94. The molecule has 1 aliphatic rings. The van der Waals surface area contributed by atoms with Crippen LogP contribution >= 0.6 is 12.4 Å². The van der Waals surface area contributed by atoms with E-state index in [2.05, 4.69) is 15.6 Å². The van der Waals surface area contributed by atoms with Gasteiger partial charge in [-0.15, -0.1) is 12.4 Å². The second kappa shape index (κ2) is 10.8. The first kappa shape index (κ1) is 22.7. The summed E-state index contributed by atoms with van der Waals surface area (Å²) >= 11 is 0. The molecular weight excluding hydrogens is 402 g/mol. The molecule has 1 fully saturated rings. The Balaban J connectivity index is 0.00000300. The Hall–Kier alpha value is -2.58. The molecule has 0 saturated carbocycles. The van der Waals surface area contributed by atoms with Crippen LogP contribution in [0.25, 0.3) is 0 Å². The van der Waals surface area contributed by atoms with Crippen LogP contribution in [0.1, 0.15) is 34.8 Å². The van der Waals surface area contributed by atoms with Gasteiger partial charge < -0.3 is 15.5 Å². The number of benzene rings is 1. The predicted molar refractivity (Wildman–Crippen MR) is 107 cm³/mol. The summed E-state index contributed by atoms with van der Waals surface area (Å²) < 4.78 is 26.5. The average Bonchev–Trinajstić information content (AvgIpc) is 2.71. The van der Waals surface area contributed by atoms with E-state index in [-0.39, 0.29) is 42.9 Å². The molecule has 1 aliphatic heterocycles. The first-order valence-corrected chi connectivity index (χ1v) is 9.19. The summed E-state index contributed by atoms with van der Waals surface area (Å²) in [5, 5.41) is 5.85. The van der Waals surface area contributed by atoms with Crippen LogP contribution in [0.3, 0.4) is 0 Å². The molecular formula is C20H23ClF2N4O2. The minimum atomic E-state index is -0.909. The van der Waals surface area contributed by atoms with Gasteiger partial charge in [0.2, 0.25) is 5.91 Å². The number of aromatic nitrogens is 1. The van der Waals surface area contributed by atoms with E-state index in [1.54, 1.807) is 12.4 Å². The molecule has 9 heteroatoms. The third-order valence-corrected chi connectivity index (χ3v) is 4.66. The van der Waals surface area contributed by atoms with Gasteiger partial charge in [-0.1, -0.05) is 6.07 Å². The Morgan fingerprint density at radius 1 is 1.28 bits per heavy atom. The molecule has 6 nitrogen and oxygen atoms in total. The van der Waals surface area contributed by atoms with Crippen molar-refractivity contribution in [1.29, 1.82) is 0 Å². The summed E-state index contributed by atoms with van der Waals surface area (Å²) in [6.07, 6.45) is 4.15. The molecule has 2 heterocycles. The van der Waals surface area contributed by atoms with Crippen LogP contribution in [0.5, 0.6) is 0 Å². The molecule has 2 amide bonds. The van der Waals surface area contributed by atoms with Crippen LogP contribution in [0.15, 0.2) is 42.7 Å². The van der Waals surface area contributed by atoms with Crippen molar-refractivity contribution < 1.29 is 18.4 Å². The van der Waals surface area contributed by atoms with E-state index in [0.29, 0.717) is 25.6 Å². The zero-order chi connectivity index (χ0) is 19.9. The molecule has 29 heavy (non-hydrogen) atoms. The molecule has 156 valence electrons. The molecule has 1 unspecified atom stereocenters. The Kier molecular flexibility index (Phi) is 8.48. The maximum Gasteiger partial charge on any atom is 0.254 e. The minimum Gasteiger partial charge on any atom is -0.352 e. The van der Waals surface area contributed by atoms with Crippen molar-refractivity contribution in [3.8, 4) is 0 Å². The average molecular weight is 425 g/mol. The van der Waals surface area contributed by atoms with E-state index in [1.807, 2.05) is 17.0 Å². The number of hydrogen-bond acceptors (Lipinski definition) is 4. The summed E-state index contributed by atoms with van der Waals surface area (Å²) in [6, 6.07) is 6.52. The van der Waals surface area contributed by atoms with E-state index >= 15 is 0 Å². The summed E-state index contributed by atoms with van der Waals surface area (Å²) in [7, 11) is 0. The van der Waals surface area contributed by atoms with Crippen LogP contribution in [-0.2, 0) is 4.79 Å². The van der Waals surface area contributed by atoms with Gasteiger partial charge in [-0.25, -0.2) is 8.78 Å². The van der Waals surface area contributed by atoms with Crippen molar-refractivity contribution in [2.24, 2.45) is 0 Å². The fourth-order valence-electron chi connectivity index (χ4n) is 3.23. The van der Waals surface area contributed by atoms with Crippen LogP contribution < -0.4 is 10.6 Å². The normalized spacial score (nSPS) is 16.1. The van der Waals surface area contributed by atoms with Gasteiger partial charge in [0.05, 0.1) is 11.6 Å². The summed E-state index contributed by atoms with van der Waals surface area (Å²) in [4.78, 5) is 30.6. The lowest BCUT2D eigenvalue weighted by Gasteiger charge is -2.36. The van der Waals surface area contributed by atoms with Crippen molar-refractivity contribution in [2.45, 2.75) is 18.9 Å². The highest BCUT2D eigenvalue weighted by Gasteiger charge is 2.27. The second-order valence-electron chi connectivity index (χ2n) is 6.58. The Labute approximate surface area is 174 Å². The number of carbonyl (C=O) groups is 2. The zero-order valence-corrected chi connectivity index (χ0v) is 16.6. The molecule has 0 aliphatic carbocycles. The van der Waals surface area contributed by atoms with Gasteiger partial charge >= 0.3 is 0 Å². The number of rotatable bonds is 6. The maximum absolute atomic E-state index is 13.6. The summed E-state index contributed by atoms with van der Waals surface area (Å²) in [6.45, 7) is 2.22. The van der Waals surface area contributed by atoms with E-state index in [1.165, 1.54) is 0 Å². The number of carbonyl (C=O) groups excluding carboxylic acids is 2. The third kappa shape index (κ3) is 5.95. The Morgan fingerprint density at radius 2 is 2.10 bits per heavy atom. The van der Waals surface area contributed by atoms with E-state index in [0.717, 1.165) is 24.2 Å². The molecule has 2 aromatic rings. The molecule has 2 N–H and O–H groups in total. The molecule has 0 radical (unpaired) electrons. The Bertz CT molecular complexity index is 838. The smallest absolute Gasteiger partial charge is 0.254 e. The first-order valence-electron chi connectivity index (χ1n) is 9.19. The monoisotopic (exact) mass is 424 g/mol. The number of nitrogens with one attached hydrogen (secondary N) is 2. The first-order chi connectivity index (χ1) is 13.6. The Morgan fingerprint density at radius 3 is 2.83 bits per heavy atom. The molecule has 3 rings (SSSR count). The number of halogens is 3. The predicted octanol–water partition coefficient (Wildman–Crippen LogP) is 2.46. The van der Waals surface area contributed by atoms with E-state index < -0.39 is 17.5 Å². The molecule has 0 spiro atoms. The van der Waals surface area contributed by atoms with Crippen LogP contribution in [0.4, 0.5) is 8.78 Å². The standard InChI is InChI=1S/C20H22F2N4O2.ClH/c21-15-5-6-16(17(22)11-15)20(28)25-8-2-4-19(27)26-10-9-24-13-18(26)14-3-1-7-23-12-14;/h1,3,5-7,11-12,18,24H,2,4,8-10,13H2,(H,25,28);1H. The van der Waals surface area contributed by atoms with Crippen molar-refractivity contribution in [3.05, 3.63) is 65.5 Å². The second-order valence-corrected chi connectivity index (χ2v) is 6.58. The molecule has 1 aromatic heterocycles. The number of nitrogens with zero attached hydrogens (tertiary/aromatic N) is 2. The van der Waals surface area contributed by atoms with Crippen molar-refractivity contribution >= 4 is 24.2 Å². The fraction of sp³-hybridized carbons (Fsp3) is 0.350. The van der Waals surface area contributed by atoms with Gasteiger partial charge in [0.1, 0.15) is 11.6 Å². The summed E-state index contributed by atoms with van der Waals surface area (Å²) in [5.41, 5.74) is 0.759. The maximum atomic E-state index is 13.6.